The molecule has 0 aliphatic carbocycles. The van der Waals surface area contributed by atoms with Crippen LogP contribution in [0.2, 0.25) is 0 Å². The third-order valence-corrected chi connectivity index (χ3v) is 6.04. The van der Waals surface area contributed by atoms with Crippen molar-refractivity contribution in [3.05, 3.63) is 59.5 Å². The molecular formula is C24H30N6O3. The largest absolute Gasteiger partial charge is 0.481 e. The van der Waals surface area contributed by atoms with Crippen molar-refractivity contribution >= 4 is 5.97 Å². The average molecular weight is 451 g/mol. The van der Waals surface area contributed by atoms with Crippen LogP contribution in [0.5, 0.6) is 11.6 Å². The third-order valence-electron chi connectivity index (χ3n) is 6.04. The molecule has 1 aliphatic heterocycles. The summed E-state index contributed by atoms with van der Waals surface area (Å²) < 4.78 is 6.11. The van der Waals surface area contributed by atoms with Gasteiger partial charge in [0, 0.05) is 29.8 Å². The molecule has 0 saturated carbocycles. The Hall–Kier alpha value is -3.33. The summed E-state index contributed by atoms with van der Waals surface area (Å²) in [6.45, 7) is 5.04. The van der Waals surface area contributed by atoms with E-state index < -0.39 is 17.8 Å². The van der Waals surface area contributed by atoms with Gasteiger partial charge in [0.25, 0.3) is 0 Å². The molecule has 174 valence electrons. The van der Waals surface area contributed by atoms with Gasteiger partial charge in [0.1, 0.15) is 5.75 Å². The van der Waals surface area contributed by atoms with Crippen LogP contribution in [-0.2, 0) is 11.2 Å². The van der Waals surface area contributed by atoms with Gasteiger partial charge in [0.05, 0.1) is 5.92 Å². The number of aromatic nitrogens is 5. The molecule has 3 aromatic rings. The number of para-hydroxylation sites is 1. The average Bonchev–Trinajstić information content (AvgIpc) is 3.52. The summed E-state index contributed by atoms with van der Waals surface area (Å²) in [7, 11) is 0. The van der Waals surface area contributed by atoms with Gasteiger partial charge < -0.3 is 15.2 Å². The van der Waals surface area contributed by atoms with Gasteiger partial charge in [-0.2, -0.15) is 5.21 Å². The van der Waals surface area contributed by atoms with Crippen LogP contribution in [0.25, 0.3) is 0 Å². The number of carboxylic acids is 1. The second-order valence-electron chi connectivity index (χ2n) is 8.95. The highest BCUT2D eigenvalue weighted by Gasteiger charge is 2.33. The number of nitrogens with one attached hydrogen (secondary N) is 2. The molecule has 0 bridgehead atoms. The Bertz CT molecular complexity index is 1030. The smallest absolute Gasteiger partial charge is 0.307 e. The number of ether oxygens (including phenoxy) is 1. The van der Waals surface area contributed by atoms with Crippen molar-refractivity contribution in [1.29, 1.82) is 0 Å². The van der Waals surface area contributed by atoms with Gasteiger partial charge in [-0.25, -0.2) is 4.98 Å². The number of aromatic amines is 1. The molecule has 1 aromatic carbocycles. The summed E-state index contributed by atoms with van der Waals surface area (Å²) >= 11 is 0. The maximum atomic E-state index is 12.0. The van der Waals surface area contributed by atoms with Crippen molar-refractivity contribution < 1.29 is 14.6 Å². The van der Waals surface area contributed by atoms with Crippen LogP contribution in [0, 0.1) is 11.8 Å². The highest BCUT2D eigenvalue weighted by molar-refractivity contribution is 5.71. The number of carboxylic acid groups (broad SMARTS) is 1. The fourth-order valence-electron chi connectivity index (χ4n) is 4.46. The summed E-state index contributed by atoms with van der Waals surface area (Å²) in [6, 6.07) is 12.1. The topological polar surface area (TPSA) is 126 Å². The fourth-order valence-corrected chi connectivity index (χ4v) is 4.46. The lowest BCUT2D eigenvalue weighted by Crippen LogP contribution is -2.26. The van der Waals surface area contributed by atoms with Gasteiger partial charge in [-0.1, -0.05) is 43.3 Å². The number of hydrogen-bond acceptors (Lipinski definition) is 7. The molecule has 9 nitrogen and oxygen atoms in total. The molecule has 0 amide bonds. The van der Waals surface area contributed by atoms with Crippen molar-refractivity contribution in [2.45, 2.75) is 51.5 Å². The molecule has 3 heterocycles. The van der Waals surface area contributed by atoms with E-state index in [4.69, 9.17) is 4.74 Å². The lowest BCUT2D eigenvalue weighted by molar-refractivity contribution is -0.143. The van der Waals surface area contributed by atoms with E-state index in [9.17, 15) is 9.90 Å². The first-order chi connectivity index (χ1) is 16.0. The molecule has 3 atom stereocenters. The van der Waals surface area contributed by atoms with E-state index in [1.54, 1.807) is 6.20 Å². The maximum absolute atomic E-state index is 12.0. The highest BCUT2D eigenvalue weighted by atomic mass is 16.5. The molecule has 0 spiro atoms. The number of nitrogens with zero attached hydrogens (tertiary/aromatic N) is 4. The SMILES string of the molecule is CC(C)CC(C(=O)O)C(Cc1ccc(Oc2ccccc2C2CCCN2)nc1)c1nn[nH]n1. The van der Waals surface area contributed by atoms with E-state index in [0.29, 0.717) is 30.6 Å². The Morgan fingerprint density at radius 2 is 2.09 bits per heavy atom. The zero-order chi connectivity index (χ0) is 23.2. The number of carbonyl (C=O) groups is 1. The van der Waals surface area contributed by atoms with Gasteiger partial charge in [0.2, 0.25) is 5.88 Å². The minimum Gasteiger partial charge on any atom is -0.481 e. The molecule has 3 unspecified atom stereocenters. The first-order valence-electron chi connectivity index (χ1n) is 11.4. The lowest BCUT2D eigenvalue weighted by atomic mass is 9.81. The summed E-state index contributed by atoms with van der Waals surface area (Å²) in [4.78, 5) is 16.5. The predicted molar refractivity (Wildman–Crippen MR) is 122 cm³/mol. The number of rotatable bonds is 10. The summed E-state index contributed by atoms with van der Waals surface area (Å²) in [5.74, 6) is 0.0337. The molecule has 4 rings (SSSR count). The second-order valence-corrected chi connectivity index (χ2v) is 8.95. The van der Waals surface area contributed by atoms with Crippen LogP contribution < -0.4 is 10.1 Å². The van der Waals surface area contributed by atoms with E-state index >= 15 is 0 Å². The van der Waals surface area contributed by atoms with Crippen LogP contribution in [0.4, 0.5) is 0 Å². The Balaban J connectivity index is 1.51. The monoisotopic (exact) mass is 450 g/mol. The fraction of sp³-hybridized carbons (Fsp3) is 0.458. The number of tetrazole rings is 1. The Labute approximate surface area is 193 Å². The van der Waals surface area contributed by atoms with Crippen LogP contribution in [0.1, 0.15) is 62.0 Å². The zero-order valence-corrected chi connectivity index (χ0v) is 18.9. The highest BCUT2D eigenvalue weighted by Crippen LogP contribution is 2.34. The van der Waals surface area contributed by atoms with Crippen LogP contribution in [-0.4, -0.2) is 43.2 Å². The summed E-state index contributed by atoms with van der Waals surface area (Å²) in [5.41, 5.74) is 2.02. The minimum atomic E-state index is -0.858. The van der Waals surface area contributed by atoms with E-state index in [1.807, 2.05) is 44.2 Å². The Morgan fingerprint density at radius 3 is 2.73 bits per heavy atom. The second kappa shape index (κ2) is 10.5. The quantitative estimate of drug-likeness (QED) is 0.425. The standard InChI is InChI=1S/C24H30N6O3/c1-15(2)12-19(24(31)32)18(23-27-29-30-28-23)13-16-9-10-22(26-14-16)33-21-8-4-3-6-17(21)20-7-5-11-25-20/h3-4,6,8-10,14-15,18-20,25H,5,7,11-13H2,1-2H3,(H,31,32)(H,27,28,29,30). The van der Waals surface area contributed by atoms with E-state index in [-0.39, 0.29) is 5.92 Å². The molecule has 1 saturated heterocycles. The molecule has 1 fully saturated rings. The first kappa shape index (κ1) is 22.8. The maximum Gasteiger partial charge on any atom is 0.307 e. The Kier molecular flexibility index (Phi) is 7.29. The lowest BCUT2D eigenvalue weighted by Gasteiger charge is -2.23. The Morgan fingerprint density at radius 1 is 1.24 bits per heavy atom. The minimum absolute atomic E-state index is 0.226. The van der Waals surface area contributed by atoms with Gasteiger partial charge >= 0.3 is 5.97 Å². The number of benzene rings is 1. The summed E-state index contributed by atoms with van der Waals surface area (Å²) in [6.07, 6.45) is 4.94. The van der Waals surface area contributed by atoms with Gasteiger partial charge in [-0.05, 0) is 49.8 Å². The van der Waals surface area contributed by atoms with Gasteiger partial charge in [-0.3, -0.25) is 4.79 Å². The molecule has 33 heavy (non-hydrogen) atoms. The van der Waals surface area contributed by atoms with Gasteiger partial charge in [-0.15, -0.1) is 10.2 Å². The van der Waals surface area contributed by atoms with Crippen molar-refractivity contribution in [2.75, 3.05) is 6.54 Å². The summed E-state index contributed by atoms with van der Waals surface area (Å²) in [5, 5.41) is 27.6. The van der Waals surface area contributed by atoms with Crippen LogP contribution >= 0.6 is 0 Å². The van der Waals surface area contributed by atoms with Crippen LogP contribution in [0.15, 0.2) is 42.6 Å². The van der Waals surface area contributed by atoms with Crippen molar-refractivity contribution in [3.63, 3.8) is 0 Å². The zero-order valence-electron chi connectivity index (χ0n) is 18.9. The number of aliphatic carboxylic acids is 1. The molecular weight excluding hydrogens is 420 g/mol. The predicted octanol–water partition coefficient (Wildman–Crippen LogP) is 3.88. The number of pyridine rings is 1. The molecule has 3 N–H and O–H groups in total. The van der Waals surface area contributed by atoms with Crippen molar-refractivity contribution in [1.82, 2.24) is 30.9 Å². The van der Waals surface area contributed by atoms with Crippen molar-refractivity contribution in [2.24, 2.45) is 11.8 Å². The van der Waals surface area contributed by atoms with E-state index in [0.717, 1.165) is 36.3 Å². The third kappa shape index (κ3) is 5.73. The van der Waals surface area contributed by atoms with Crippen molar-refractivity contribution in [3.8, 4) is 11.6 Å². The molecule has 2 aromatic heterocycles. The van der Waals surface area contributed by atoms with E-state index in [2.05, 4.69) is 37.0 Å². The van der Waals surface area contributed by atoms with Crippen LogP contribution in [0.3, 0.4) is 0 Å². The number of hydrogen-bond donors (Lipinski definition) is 3. The molecule has 1 aliphatic rings. The molecule has 0 radical (unpaired) electrons. The number of H-pyrrole nitrogens is 1. The van der Waals surface area contributed by atoms with Gasteiger partial charge in [0.15, 0.2) is 5.82 Å². The van der Waals surface area contributed by atoms with E-state index in [1.165, 1.54) is 0 Å². The molecule has 9 heteroatoms. The first-order valence-corrected chi connectivity index (χ1v) is 11.4. The normalized spacial score (nSPS) is 17.7.